The molecule has 94 valence electrons. The first-order valence-electron chi connectivity index (χ1n) is 6.59. The van der Waals surface area contributed by atoms with Crippen molar-refractivity contribution in [3.63, 3.8) is 0 Å². The summed E-state index contributed by atoms with van der Waals surface area (Å²) < 4.78 is 2.38. The van der Waals surface area contributed by atoms with Gasteiger partial charge in [-0.05, 0) is 33.4 Å². The van der Waals surface area contributed by atoms with Gasteiger partial charge in [0, 0.05) is 43.0 Å². The second-order valence-electron chi connectivity index (χ2n) is 5.77. The first-order valence-corrected chi connectivity index (χ1v) is 6.59. The lowest BCUT2D eigenvalue weighted by molar-refractivity contribution is 0.0411. The number of imidazole rings is 1. The summed E-state index contributed by atoms with van der Waals surface area (Å²) in [7, 11) is 4.42. The van der Waals surface area contributed by atoms with E-state index in [1.54, 1.807) is 0 Å². The van der Waals surface area contributed by atoms with Gasteiger partial charge in [-0.2, -0.15) is 0 Å². The fourth-order valence-corrected chi connectivity index (χ4v) is 2.95. The van der Waals surface area contributed by atoms with Crippen molar-refractivity contribution in [3.8, 4) is 0 Å². The number of likely N-dealkylation sites (N-methyl/N-ethyl adjacent to an activating group) is 1. The zero-order chi connectivity index (χ0) is 11.9. The lowest BCUT2D eigenvalue weighted by atomic mass is 9.75. The van der Waals surface area contributed by atoms with Crippen molar-refractivity contribution < 1.29 is 0 Å². The molecule has 17 heavy (non-hydrogen) atoms. The first-order chi connectivity index (χ1) is 8.21. The molecular weight excluding hydrogens is 212 g/mol. The van der Waals surface area contributed by atoms with Gasteiger partial charge in [-0.1, -0.05) is 0 Å². The monoisotopic (exact) mass is 234 g/mol. The Hall–Kier alpha value is -0.870. The van der Waals surface area contributed by atoms with Crippen LogP contribution in [0, 0.1) is 0 Å². The van der Waals surface area contributed by atoms with E-state index in [1.165, 1.54) is 25.0 Å². The number of rotatable bonds is 4. The van der Waals surface area contributed by atoms with Crippen LogP contribution in [0.25, 0.3) is 0 Å². The fourth-order valence-electron chi connectivity index (χ4n) is 2.95. The Labute approximate surface area is 103 Å². The molecular formula is C13H22N4. The topological polar surface area (TPSA) is 33.1 Å². The van der Waals surface area contributed by atoms with Crippen molar-refractivity contribution in [1.29, 1.82) is 0 Å². The summed E-state index contributed by atoms with van der Waals surface area (Å²) in [5.41, 5.74) is 1.80. The minimum atomic E-state index is 0.382. The van der Waals surface area contributed by atoms with Crippen LogP contribution < -0.4 is 5.32 Å². The summed E-state index contributed by atoms with van der Waals surface area (Å²) in [6, 6.07) is 0. The Morgan fingerprint density at radius 2 is 2.24 bits per heavy atom. The Morgan fingerprint density at radius 3 is 2.71 bits per heavy atom. The van der Waals surface area contributed by atoms with E-state index in [9.17, 15) is 0 Å². The van der Waals surface area contributed by atoms with E-state index < -0.39 is 0 Å². The van der Waals surface area contributed by atoms with Gasteiger partial charge in [-0.15, -0.1) is 0 Å². The van der Waals surface area contributed by atoms with Crippen LogP contribution in [-0.4, -0.2) is 47.2 Å². The van der Waals surface area contributed by atoms with Crippen molar-refractivity contribution in [2.24, 2.45) is 0 Å². The number of nitrogens with one attached hydrogen (secondary N) is 1. The molecule has 1 saturated carbocycles. The van der Waals surface area contributed by atoms with Crippen molar-refractivity contribution >= 4 is 0 Å². The molecule has 2 aliphatic rings. The Bertz CT molecular complexity index is 388. The second-order valence-corrected chi connectivity index (χ2v) is 5.77. The Balaban J connectivity index is 1.78. The normalized spacial score (nSPS) is 23.5. The van der Waals surface area contributed by atoms with Gasteiger partial charge in [0.05, 0.1) is 6.33 Å². The molecule has 1 aliphatic carbocycles. The molecule has 2 heterocycles. The number of hydrogen-bond acceptors (Lipinski definition) is 3. The van der Waals surface area contributed by atoms with Crippen LogP contribution in [-0.2, 0) is 6.54 Å². The number of hydrogen-bond donors (Lipinski definition) is 1. The lowest BCUT2D eigenvalue weighted by Crippen LogP contribution is -2.53. The summed E-state index contributed by atoms with van der Waals surface area (Å²) in [5, 5.41) is 3.34. The van der Waals surface area contributed by atoms with Crippen LogP contribution in [0.3, 0.4) is 0 Å². The maximum Gasteiger partial charge on any atom is 0.0948 e. The quantitative estimate of drug-likeness (QED) is 0.845. The van der Waals surface area contributed by atoms with Gasteiger partial charge in [-0.25, -0.2) is 4.98 Å². The molecule has 2 fully saturated rings. The maximum absolute atomic E-state index is 4.34. The first kappa shape index (κ1) is 11.2. The van der Waals surface area contributed by atoms with Gasteiger partial charge in [0.1, 0.15) is 0 Å². The zero-order valence-electron chi connectivity index (χ0n) is 10.8. The molecule has 0 unspecified atom stereocenters. The van der Waals surface area contributed by atoms with Crippen LogP contribution >= 0.6 is 0 Å². The molecule has 0 aromatic carbocycles. The minimum absolute atomic E-state index is 0.382. The summed E-state index contributed by atoms with van der Waals surface area (Å²) in [5.74, 6) is 0.678. The van der Waals surface area contributed by atoms with E-state index in [0.717, 1.165) is 19.6 Å². The smallest absolute Gasteiger partial charge is 0.0948 e. The molecule has 0 atom stereocenters. The van der Waals surface area contributed by atoms with E-state index >= 15 is 0 Å². The predicted molar refractivity (Wildman–Crippen MR) is 68.1 cm³/mol. The minimum Gasteiger partial charge on any atom is -0.332 e. The molecule has 1 aliphatic heterocycles. The SMILES string of the molecule is CN(C)C1(Cn2cncc2C2CNC2)CCC1. The van der Waals surface area contributed by atoms with Crippen LogP contribution in [0.1, 0.15) is 30.9 Å². The highest BCUT2D eigenvalue weighted by molar-refractivity contribution is 5.13. The van der Waals surface area contributed by atoms with Crippen LogP contribution in [0.4, 0.5) is 0 Å². The van der Waals surface area contributed by atoms with E-state index in [-0.39, 0.29) is 0 Å². The third-order valence-electron chi connectivity index (χ3n) is 4.64. The van der Waals surface area contributed by atoms with Gasteiger partial charge in [0.2, 0.25) is 0 Å². The van der Waals surface area contributed by atoms with Crippen molar-refractivity contribution in [1.82, 2.24) is 19.8 Å². The molecule has 0 amide bonds. The third kappa shape index (κ3) is 1.79. The molecule has 0 radical (unpaired) electrons. The van der Waals surface area contributed by atoms with Gasteiger partial charge in [-0.3, -0.25) is 0 Å². The molecule has 0 bridgehead atoms. The molecule has 1 aromatic rings. The predicted octanol–water partition coefficient (Wildman–Crippen LogP) is 1.05. The van der Waals surface area contributed by atoms with Crippen molar-refractivity contribution in [3.05, 3.63) is 18.2 Å². The molecule has 1 N–H and O–H groups in total. The summed E-state index contributed by atoms with van der Waals surface area (Å²) in [6.07, 6.45) is 8.07. The van der Waals surface area contributed by atoms with Crippen LogP contribution in [0.5, 0.6) is 0 Å². The van der Waals surface area contributed by atoms with E-state index in [4.69, 9.17) is 0 Å². The summed E-state index contributed by atoms with van der Waals surface area (Å²) in [4.78, 5) is 6.75. The third-order valence-corrected chi connectivity index (χ3v) is 4.64. The molecule has 3 rings (SSSR count). The van der Waals surface area contributed by atoms with Gasteiger partial charge in [0.15, 0.2) is 0 Å². The zero-order valence-corrected chi connectivity index (χ0v) is 10.8. The molecule has 4 nitrogen and oxygen atoms in total. The largest absolute Gasteiger partial charge is 0.332 e. The van der Waals surface area contributed by atoms with Crippen LogP contribution in [0.2, 0.25) is 0 Å². The summed E-state index contributed by atoms with van der Waals surface area (Å²) in [6.45, 7) is 3.33. The average molecular weight is 234 g/mol. The maximum atomic E-state index is 4.34. The number of nitrogens with zero attached hydrogens (tertiary/aromatic N) is 3. The standard InChI is InChI=1S/C13H22N4/c1-16(2)13(4-3-5-13)9-17-10-15-8-12(17)11-6-14-7-11/h8,10-11,14H,3-7,9H2,1-2H3. The highest BCUT2D eigenvalue weighted by Gasteiger charge is 2.40. The highest BCUT2D eigenvalue weighted by Crippen LogP contribution is 2.38. The van der Waals surface area contributed by atoms with E-state index in [1.807, 2.05) is 12.5 Å². The molecule has 1 aromatic heterocycles. The van der Waals surface area contributed by atoms with Gasteiger partial charge < -0.3 is 14.8 Å². The molecule has 1 saturated heterocycles. The molecule has 0 spiro atoms. The van der Waals surface area contributed by atoms with Gasteiger partial charge in [0.25, 0.3) is 0 Å². The lowest BCUT2D eigenvalue weighted by Gasteiger charge is -2.48. The van der Waals surface area contributed by atoms with E-state index in [0.29, 0.717) is 11.5 Å². The Kier molecular flexibility index (Phi) is 2.71. The Morgan fingerprint density at radius 1 is 1.47 bits per heavy atom. The highest BCUT2D eigenvalue weighted by atomic mass is 15.2. The van der Waals surface area contributed by atoms with E-state index in [2.05, 4.69) is 33.9 Å². The summed E-state index contributed by atoms with van der Waals surface area (Å²) >= 11 is 0. The van der Waals surface area contributed by atoms with Gasteiger partial charge >= 0.3 is 0 Å². The second kappa shape index (κ2) is 4.10. The van der Waals surface area contributed by atoms with Crippen LogP contribution in [0.15, 0.2) is 12.5 Å². The number of aromatic nitrogens is 2. The fraction of sp³-hybridized carbons (Fsp3) is 0.769. The average Bonchev–Trinajstić information content (AvgIpc) is 2.56. The molecule has 4 heteroatoms. The van der Waals surface area contributed by atoms with Crippen molar-refractivity contribution in [2.45, 2.75) is 37.3 Å². The van der Waals surface area contributed by atoms with Crippen molar-refractivity contribution in [2.75, 3.05) is 27.2 Å².